The molecule has 0 saturated heterocycles. The van der Waals surface area contributed by atoms with Crippen molar-refractivity contribution in [1.82, 2.24) is 0 Å². The van der Waals surface area contributed by atoms with Gasteiger partial charge in [-0.05, 0) is 37.5 Å². The molecule has 0 N–H and O–H groups in total. The monoisotopic (exact) mass is 398 g/mol. The average molecular weight is 399 g/mol. The summed E-state index contributed by atoms with van der Waals surface area (Å²) in [6, 6.07) is 15.8. The molecule has 0 heterocycles. The normalized spacial score (nSPS) is 18.8. The summed E-state index contributed by atoms with van der Waals surface area (Å²) in [5.41, 5.74) is 3.01. The fourth-order valence-corrected chi connectivity index (χ4v) is 3.96. The van der Waals surface area contributed by atoms with Gasteiger partial charge in [-0.25, -0.2) is 0 Å². The largest absolute Gasteiger partial charge is 0.299 e. The molecular weight excluding hydrogens is 376 g/mol. The minimum atomic E-state index is -0.0316. The molecule has 2 atom stereocenters. The summed E-state index contributed by atoms with van der Waals surface area (Å²) >= 11 is 3.40. The van der Waals surface area contributed by atoms with Crippen LogP contribution in [0.15, 0.2) is 53.0 Å². The van der Waals surface area contributed by atoms with E-state index < -0.39 is 0 Å². The highest BCUT2D eigenvalue weighted by atomic mass is 79.9. The lowest BCUT2D eigenvalue weighted by Crippen LogP contribution is -2.27. The highest BCUT2D eigenvalue weighted by molar-refractivity contribution is 9.10. The molecule has 2 aromatic carbocycles. The molecule has 2 aromatic rings. The first-order chi connectivity index (χ1) is 12.0. The third-order valence-corrected chi connectivity index (χ3v) is 5.69. The molecule has 0 bridgehead atoms. The van der Waals surface area contributed by atoms with Crippen molar-refractivity contribution in [2.75, 3.05) is 0 Å². The lowest BCUT2D eigenvalue weighted by Gasteiger charge is -2.29. The van der Waals surface area contributed by atoms with Crippen molar-refractivity contribution in [1.29, 1.82) is 0 Å². The van der Waals surface area contributed by atoms with Crippen molar-refractivity contribution in [2.45, 2.75) is 44.9 Å². The van der Waals surface area contributed by atoms with Gasteiger partial charge in [-0.3, -0.25) is 9.59 Å². The van der Waals surface area contributed by atoms with Crippen LogP contribution in [0.5, 0.6) is 0 Å². The fraction of sp³-hybridized carbons (Fsp3) is 0.364. The Bertz CT molecular complexity index is 747. The molecule has 3 heteroatoms. The third kappa shape index (κ3) is 4.46. The van der Waals surface area contributed by atoms with Gasteiger partial charge in [-0.1, -0.05) is 64.3 Å². The van der Waals surface area contributed by atoms with Crippen molar-refractivity contribution in [3.63, 3.8) is 0 Å². The summed E-state index contributed by atoms with van der Waals surface area (Å²) in [5.74, 6) is 0.372. The Morgan fingerprint density at radius 3 is 2.40 bits per heavy atom. The van der Waals surface area contributed by atoms with Crippen molar-refractivity contribution < 1.29 is 9.59 Å². The van der Waals surface area contributed by atoms with Crippen molar-refractivity contribution in [3.8, 4) is 0 Å². The van der Waals surface area contributed by atoms with Gasteiger partial charge in [0.25, 0.3) is 0 Å². The maximum absolute atomic E-state index is 12.8. The molecular formula is C22H23BrO2. The molecule has 3 rings (SSSR count). The number of Topliss-reactive ketones (excluding diaryl/α,β-unsaturated/α-hetero) is 2. The number of aryl methyl sites for hydroxylation is 1. The standard InChI is InChI=1S/C22H23BrO2/c1-15-6-8-16(9-7-15)20(19-4-2-3-5-21(19)24)14-22(25)17-10-12-18(23)13-11-17/h6-13,19-20H,2-5,14H2,1H3/t19-,20+/m1/s1. The lowest BCUT2D eigenvalue weighted by atomic mass is 9.73. The number of halogens is 1. The van der Waals surface area contributed by atoms with Gasteiger partial charge >= 0.3 is 0 Å². The number of carbonyl (C=O) groups excluding carboxylic acids is 2. The van der Waals surface area contributed by atoms with Crippen LogP contribution >= 0.6 is 15.9 Å². The smallest absolute Gasteiger partial charge is 0.163 e. The summed E-state index contributed by atoms with van der Waals surface area (Å²) < 4.78 is 0.960. The van der Waals surface area contributed by atoms with Crippen molar-refractivity contribution >= 4 is 27.5 Å². The van der Waals surface area contributed by atoms with E-state index in [0.717, 1.165) is 29.3 Å². The molecule has 1 fully saturated rings. The number of benzene rings is 2. The molecule has 0 radical (unpaired) electrons. The second-order valence-electron chi connectivity index (χ2n) is 6.97. The topological polar surface area (TPSA) is 34.1 Å². The van der Waals surface area contributed by atoms with Gasteiger partial charge in [0, 0.05) is 34.7 Å². The van der Waals surface area contributed by atoms with E-state index in [1.54, 1.807) is 0 Å². The lowest BCUT2D eigenvalue weighted by molar-refractivity contribution is -0.125. The van der Waals surface area contributed by atoms with Crippen LogP contribution in [0.25, 0.3) is 0 Å². The summed E-state index contributed by atoms with van der Waals surface area (Å²) in [4.78, 5) is 25.4. The van der Waals surface area contributed by atoms with E-state index in [0.29, 0.717) is 24.2 Å². The van der Waals surface area contributed by atoms with E-state index in [2.05, 4.69) is 47.1 Å². The first kappa shape index (κ1) is 18.1. The number of rotatable bonds is 5. The third-order valence-electron chi connectivity index (χ3n) is 5.16. The second kappa shape index (κ2) is 8.09. The van der Waals surface area contributed by atoms with Crippen LogP contribution in [0.4, 0.5) is 0 Å². The maximum atomic E-state index is 12.8. The van der Waals surface area contributed by atoms with Gasteiger partial charge in [0.1, 0.15) is 5.78 Å². The van der Waals surface area contributed by atoms with E-state index in [1.165, 1.54) is 5.56 Å². The number of hydrogen-bond donors (Lipinski definition) is 0. The molecule has 0 amide bonds. The molecule has 25 heavy (non-hydrogen) atoms. The maximum Gasteiger partial charge on any atom is 0.163 e. The Kier molecular flexibility index (Phi) is 5.85. The Hall–Kier alpha value is -1.74. The second-order valence-corrected chi connectivity index (χ2v) is 7.89. The van der Waals surface area contributed by atoms with Gasteiger partial charge in [-0.2, -0.15) is 0 Å². The molecule has 1 aliphatic rings. The zero-order chi connectivity index (χ0) is 17.8. The van der Waals surface area contributed by atoms with Crippen LogP contribution in [0.3, 0.4) is 0 Å². The molecule has 2 nitrogen and oxygen atoms in total. The van der Waals surface area contributed by atoms with Crippen LogP contribution < -0.4 is 0 Å². The van der Waals surface area contributed by atoms with E-state index >= 15 is 0 Å². The Labute approximate surface area is 157 Å². The molecule has 0 spiro atoms. The summed E-state index contributed by atoms with van der Waals surface area (Å²) in [5, 5.41) is 0. The van der Waals surface area contributed by atoms with Crippen LogP contribution in [0.1, 0.15) is 59.5 Å². The van der Waals surface area contributed by atoms with E-state index in [9.17, 15) is 9.59 Å². The van der Waals surface area contributed by atoms with Gasteiger partial charge in [0.2, 0.25) is 0 Å². The Morgan fingerprint density at radius 1 is 1.08 bits per heavy atom. The minimum Gasteiger partial charge on any atom is -0.299 e. The molecule has 130 valence electrons. The van der Waals surface area contributed by atoms with Crippen LogP contribution in [0.2, 0.25) is 0 Å². The number of carbonyl (C=O) groups is 2. The van der Waals surface area contributed by atoms with Crippen LogP contribution in [-0.4, -0.2) is 11.6 Å². The highest BCUT2D eigenvalue weighted by Crippen LogP contribution is 2.37. The fourth-order valence-electron chi connectivity index (χ4n) is 3.69. The van der Waals surface area contributed by atoms with Gasteiger partial charge < -0.3 is 0 Å². The summed E-state index contributed by atoms with van der Waals surface area (Å²) in [6.07, 6.45) is 3.99. The molecule has 1 aliphatic carbocycles. The van der Waals surface area contributed by atoms with Gasteiger partial charge in [-0.15, -0.1) is 0 Å². The summed E-state index contributed by atoms with van der Waals surface area (Å²) in [7, 11) is 0. The first-order valence-electron chi connectivity index (χ1n) is 8.92. The molecule has 1 saturated carbocycles. The van der Waals surface area contributed by atoms with Crippen molar-refractivity contribution in [3.05, 3.63) is 69.7 Å². The average Bonchev–Trinajstić information content (AvgIpc) is 2.62. The van der Waals surface area contributed by atoms with Crippen molar-refractivity contribution in [2.24, 2.45) is 5.92 Å². The Morgan fingerprint density at radius 2 is 1.76 bits per heavy atom. The molecule has 0 unspecified atom stereocenters. The molecule has 0 aliphatic heterocycles. The number of hydrogen-bond acceptors (Lipinski definition) is 2. The predicted octanol–water partition coefficient (Wildman–Crippen LogP) is 5.87. The van der Waals surface area contributed by atoms with Gasteiger partial charge in [0.15, 0.2) is 5.78 Å². The van der Waals surface area contributed by atoms with E-state index in [4.69, 9.17) is 0 Å². The highest BCUT2D eigenvalue weighted by Gasteiger charge is 2.32. The zero-order valence-electron chi connectivity index (χ0n) is 14.5. The van der Waals surface area contributed by atoms with Crippen LogP contribution in [0, 0.1) is 12.8 Å². The molecule has 0 aromatic heterocycles. The quantitative estimate of drug-likeness (QED) is 0.589. The van der Waals surface area contributed by atoms with Crippen LogP contribution in [-0.2, 0) is 4.79 Å². The zero-order valence-corrected chi connectivity index (χ0v) is 16.1. The first-order valence-corrected chi connectivity index (χ1v) is 9.72. The predicted molar refractivity (Wildman–Crippen MR) is 104 cm³/mol. The van der Waals surface area contributed by atoms with Gasteiger partial charge in [0.05, 0.1) is 0 Å². The Balaban J connectivity index is 1.87. The van der Waals surface area contributed by atoms with E-state index in [1.807, 2.05) is 24.3 Å². The van der Waals surface area contributed by atoms with E-state index in [-0.39, 0.29) is 17.6 Å². The SMILES string of the molecule is Cc1ccc([C@H](CC(=O)c2ccc(Br)cc2)[C@H]2CCCCC2=O)cc1. The number of ketones is 2. The summed E-state index contributed by atoms with van der Waals surface area (Å²) in [6.45, 7) is 2.05. The minimum absolute atomic E-state index is 0.0236.